The van der Waals surface area contributed by atoms with Gasteiger partial charge in [0.2, 0.25) is 0 Å². The van der Waals surface area contributed by atoms with Crippen LogP contribution in [0.4, 0.5) is 0 Å². The molecule has 0 aromatic heterocycles. The number of benzene rings is 2. The van der Waals surface area contributed by atoms with E-state index in [1.165, 1.54) is 17.3 Å². The quantitative estimate of drug-likeness (QED) is 0.290. The third-order valence-corrected chi connectivity index (χ3v) is 6.52. The number of thiocarbonyl (C=S) groups is 1. The Morgan fingerprint density at radius 3 is 2.55 bits per heavy atom. The van der Waals surface area contributed by atoms with Crippen molar-refractivity contribution in [3.63, 3.8) is 0 Å². The molecule has 0 N–H and O–H groups in total. The zero-order valence-corrected chi connectivity index (χ0v) is 21.3. The van der Waals surface area contributed by atoms with Gasteiger partial charge in [-0.05, 0) is 65.0 Å². The van der Waals surface area contributed by atoms with Gasteiger partial charge in [0.05, 0.1) is 16.0 Å². The van der Waals surface area contributed by atoms with Crippen molar-refractivity contribution in [2.45, 2.75) is 34.3 Å². The van der Waals surface area contributed by atoms with E-state index in [-0.39, 0.29) is 5.91 Å². The van der Waals surface area contributed by atoms with Crippen LogP contribution in [0.1, 0.15) is 37.5 Å². The van der Waals surface area contributed by atoms with Crippen LogP contribution in [-0.2, 0) is 11.4 Å². The molecule has 0 spiro atoms. The maximum atomic E-state index is 12.8. The maximum absolute atomic E-state index is 12.8. The van der Waals surface area contributed by atoms with Crippen LogP contribution in [0.25, 0.3) is 6.08 Å². The number of halogens is 1. The molecule has 0 aliphatic carbocycles. The summed E-state index contributed by atoms with van der Waals surface area (Å²) >= 11 is 10.4. The maximum Gasteiger partial charge on any atom is 0.266 e. The summed E-state index contributed by atoms with van der Waals surface area (Å²) in [6, 6.07) is 12.1. The Bertz CT molecular complexity index is 1000. The Labute approximate surface area is 202 Å². The average molecular weight is 521 g/mol. The van der Waals surface area contributed by atoms with Crippen molar-refractivity contribution < 1.29 is 14.3 Å². The first kappa shape index (κ1) is 23.8. The topological polar surface area (TPSA) is 38.8 Å². The molecule has 1 aliphatic heterocycles. The van der Waals surface area contributed by atoms with Crippen LogP contribution in [0, 0.1) is 12.8 Å². The average Bonchev–Trinajstić information content (AvgIpc) is 2.96. The van der Waals surface area contributed by atoms with Gasteiger partial charge in [-0.15, -0.1) is 0 Å². The van der Waals surface area contributed by atoms with E-state index in [2.05, 4.69) is 61.0 Å². The second-order valence-corrected chi connectivity index (χ2v) is 10.3. The zero-order chi connectivity index (χ0) is 22.5. The molecule has 1 fully saturated rings. The highest BCUT2D eigenvalue weighted by Crippen LogP contribution is 2.40. The second-order valence-electron chi connectivity index (χ2n) is 7.72. The molecule has 0 unspecified atom stereocenters. The number of carbonyl (C=O) groups is 1. The first-order valence-electron chi connectivity index (χ1n) is 10.2. The van der Waals surface area contributed by atoms with E-state index < -0.39 is 0 Å². The highest BCUT2D eigenvalue weighted by molar-refractivity contribution is 9.10. The summed E-state index contributed by atoms with van der Waals surface area (Å²) in [5, 5.41) is 0. The van der Waals surface area contributed by atoms with Gasteiger partial charge >= 0.3 is 0 Å². The lowest BCUT2D eigenvalue weighted by molar-refractivity contribution is -0.122. The van der Waals surface area contributed by atoms with E-state index in [0.29, 0.717) is 46.4 Å². The van der Waals surface area contributed by atoms with Gasteiger partial charge in [0, 0.05) is 6.54 Å². The van der Waals surface area contributed by atoms with Crippen LogP contribution < -0.4 is 9.47 Å². The molecule has 0 bridgehead atoms. The van der Waals surface area contributed by atoms with Crippen molar-refractivity contribution >= 4 is 56.2 Å². The molecule has 1 heterocycles. The second kappa shape index (κ2) is 10.7. The minimum absolute atomic E-state index is 0.0440. The van der Waals surface area contributed by atoms with Crippen LogP contribution in [0.3, 0.4) is 0 Å². The van der Waals surface area contributed by atoms with Crippen molar-refractivity contribution in [2.24, 2.45) is 5.92 Å². The number of hydrogen-bond acceptors (Lipinski definition) is 5. The molecule has 7 heteroatoms. The van der Waals surface area contributed by atoms with Gasteiger partial charge in [-0.1, -0.05) is 67.7 Å². The van der Waals surface area contributed by atoms with Gasteiger partial charge in [0.25, 0.3) is 5.91 Å². The minimum Gasteiger partial charge on any atom is -0.490 e. The Morgan fingerprint density at radius 2 is 1.90 bits per heavy atom. The molecular weight excluding hydrogens is 494 g/mol. The molecular formula is C24H26BrNO3S2. The highest BCUT2D eigenvalue weighted by Gasteiger charge is 2.32. The molecule has 1 saturated heterocycles. The first-order chi connectivity index (χ1) is 14.8. The number of rotatable bonds is 8. The smallest absolute Gasteiger partial charge is 0.266 e. The van der Waals surface area contributed by atoms with Gasteiger partial charge in [-0.2, -0.15) is 0 Å². The predicted octanol–water partition coefficient (Wildman–Crippen LogP) is 6.59. The fourth-order valence-electron chi connectivity index (χ4n) is 3.09. The van der Waals surface area contributed by atoms with Crippen LogP contribution in [0.5, 0.6) is 11.5 Å². The molecule has 3 rings (SSSR count). The summed E-state index contributed by atoms with van der Waals surface area (Å²) in [5.41, 5.74) is 3.14. The summed E-state index contributed by atoms with van der Waals surface area (Å²) in [5.74, 6) is 1.59. The summed E-state index contributed by atoms with van der Waals surface area (Å²) < 4.78 is 13.3. The first-order valence-corrected chi connectivity index (χ1v) is 12.2. The number of thioether (sulfide) groups is 1. The molecule has 0 atom stereocenters. The largest absolute Gasteiger partial charge is 0.490 e. The summed E-state index contributed by atoms with van der Waals surface area (Å²) in [7, 11) is 0. The Hall–Kier alpha value is -1.83. The molecule has 2 aromatic rings. The summed E-state index contributed by atoms with van der Waals surface area (Å²) in [6.07, 6.45) is 1.86. The van der Waals surface area contributed by atoms with Crippen LogP contribution in [0.15, 0.2) is 45.8 Å². The van der Waals surface area contributed by atoms with Crippen molar-refractivity contribution in [2.75, 3.05) is 13.2 Å². The lowest BCUT2D eigenvalue weighted by Gasteiger charge is -2.16. The lowest BCUT2D eigenvalue weighted by atomic mass is 10.1. The third kappa shape index (κ3) is 6.11. The number of aryl methyl sites for hydroxylation is 1. The molecule has 31 heavy (non-hydrogen) atoms. The van der Waals surface area contributed by atoms with E-state index in [1.54, 1.807) is 4.90 Å². The Balaban J connectivity index is 1.84. The van der Waals surface area contributed by atoms with Crippen LogP contribution >= 0.6 is 39.9 Å². The normalized spacial score (nSPS) is 15.3. The van der Waals surface area contributed by atoms with E-state index in [1.807, 2.05) is 25.1 Å². The highest BCUT2D eigenvalue weighted by atomic mass is 79.9. The summed E-state index contributed by atoms with van der Waals surface area (Å²) in [6.45, 7) is 9.71. The molecule has 164 valence electrons. The van der Waals surface area contributed by atoms with Crippen molar-refractivity contribution in [3.05, 3.63) is 62.5 Å². The molecule has 0 radical (unpaired) electrons. The van der Waals surface area contributed by atoms with Gasteiger partial charge in [-0.3, -0.25) is 9.69 Å². The molecule has 1 amide bonds. The number of amides is 1. The number of nitrogens with zero attached hydrogens (tertiary/aromatic N) is 1. The monoisotopic (exact) mass is 519 g/mol. The van der Waals surface area contributed by atoms with Gasteiger partial charge in [-0.25, -0.2) is 0 Å². The lowest BCUT2D eigenvalue weighted by Crippen LogP contribution is -2.31. The molecule has 1 aliphatic rings. The van der Waals surface area contributed by atoms with Gasteiger partial charge < -0.3 is 9.47 Å². The molecule has 0 saturated carbocycles. The van der Waals surface area contributed by atoms with Crippen molar-refractivity contribution in [3.8, 4) is 11.5 Å². The Kier molecular flexibility index (Phi) is 8.19. The van der Waals surface area contributed by atoms with Crippen molar-refractivity contribution in [1.29, 1.82) is 0 Å². The van der Waals surface area contributed by atoms with Gasteiger partial charge in [0.15, 0.2) is 11.5 Å². The zero-order valence-electron chi connectivity index (χ0n) is 18.1. The van der Waals surface area contributed by atoms with Crippen LogP contribution in [0.2, 0.25) is 0 Å². The molecule has 2 aromatic carbocycles. The third-order valence-electron chi connectivity index (χ3n) is 4.55. The van der Waals surface area contributed by atoms with E-state index >= 15 is 0 Å². The predicted molar refractivity (Wildman–Crippen MR) is 136 cm³/mol. The standard InChI is InChI=1S/C24H26BrNO3S2/c1-5-28-20-11-18(12-21-23(27)26(13-15(2)3)24(30)31-21)10-19(25)22(20)29-14-17-8-6-16(4)7-9-17/h6-12,15H,5,13-14H2,1-4H3/b21-12-. The SMILES string of the molecule is CCOc1cc(/C=C2\SC(=S)N(CC(C)C)C2=O)cc(Br)c1OCc1ccc(C)cc1. The van der Waals surface area contributed by atoms with E-state index in [9.17, 15) is 4.79 Å². The fourth-order valence-corrected chi connectivity index (χ4v) is 4.94. The number of carbonyl (C=O) groups excluding carboxylic acids is 1. The number of ether oxygens (including phenoxy) is 2. The summed E-state index contributed by atoms with van der Waals surface area (Å²) in [4.78, 5) is 15.1. The minimum atomic E-state index is -0.0440. The van der Waals surface area contributed by atoms with Crippen LogP contribution in [-0.4, -0.2) is 28.3 Å². The van der Waals surface area contributed by atoms with E-state index in [4.69, 9.17) is 21.7 Å². The van der Waals surface area contributed by atoms with Crippen molar-refractivity contribution in [1.82, 2.24) is 4.90 Å². The molecule has 4 nitrogen and oxygen atoms in total. The van der Waals surface area contributed by atoms with E-state index in [0.717, 1.165) is 15.6 Å². The Morgan fingerprint density at radius 1 is 1.19 bits per heavy atom. The van der Waals surface area contributed by atoms with Gasteiger partial charge in [0.1, 0.15) is 10.9 Å². The number of hydrogen-bond donors (Lipinski definition) is 0. The fraction of sp³-hybridized carbons (Fsp3) is 0.333.